The number of carbonyl (C=O) groups is 2. The summed E-state index contributed by atoms with van der Waals surface area (Å²) in [7, 11) is 1.59. The topological polar surface area (TPSA) is 70.7 Å². The standard InChI is InChI=1S/C21H25N3O3/c1-4-27-17-9-8-15-10-11-24(13-16(15)12-17)21(26)23-19-7-5-6-18(14(19)2)20(25)22-3/h5-9,12H,4,10-11,13H2,1-3H3,(H,22,25)(H,23,26). The molecule has 0 aromatic heterocycles. The Morgan fingerprint density at radius 3 is 2.74 bits per heavy atom. The van der Waals surface area contributed by atoms with Gasteiger partial charge in [0.1, 0.15) is 5.75 Å². The first-order chi connectivity index (χ1) is 13.0. The Morgan fingerprint density at radius 1 is 1.19 bits per heavy atom. The van der Waals surface area contributed by atoms with Gasteiger partial charge in [0.2, 0.25) is 0 Å². The van der Waals surface area contributed by atoms with Crippen molar-refractivity contribution in [3.63, 3.8) is 0 Å². The molecule has 0 saturated heterocycles. The second-order valence-electron chi connectivity index (χ2n) is 6.52. The molecule has 0 radical (unpaired) electrons. The molecule has 0 saturated carbocycles. The molecule has 0 fully saturated rings. The van der Waals surface area contributed by atoms with Gasteiger partial charge in [-0.1, -0.05) is 12.1 Å². The van der Waals surface area contributed by atoms with E-state index in [1.165, 1.54) is 5.56 Å². The zero-order valence-corrected chi connectivity index (χ0v) is 16.0. The summed E-state index contributed by atoms with van der Waals surface area (Å²) < 4.78 is 5.57. The number of amides is 3. The number of nitrogens with zero attached hydrogens (tertiary/aromatic N) is 1. The first-order valence-electron chi connectivity index (χ1n) is 9.15. The van der Waals surface area contributed by atoms with Crippen LogP contribution in [0.3, 0.4) is 0 Å². The van der Waals surface area contributed by atoms with Crippen molar-refractivity contribution < 1.29 is 14.3 Å². The number of anilines is 1. The molecule has 2 N–H and O–H groups in total. The van der Waals surface area contributed by atoms with Crippen LogP contribution in [0.25, 0.3) is 0 Å². The Balaban J connectivity index is 1.74. The van der Waals surface area contributed by atoms with E-state index in [0.29, 0.717) is 30.9 Å². The lowest BCUT2D eigenvalue weighted by molar-refractivity contribution is 0.0962. The first-order valence-corrected chi connectivity index (χ1v) is 9.15. The summed E-state index contributed by atoms with van der Waals surface area (Å²) in [6.45, 7) is 5.59. The van der Waals surface area contributed by atoms with Crippen molar-refractivity contribution >= 4 is 17.6 Å². The molecule has 2 aromatic rings. The number of hydrogen-bond acceptors (Lipinski definition) is 3. The molecule has 0 spiro atoms. The van der Waals surface area contributed by atoms with Crippen LogP contribution in [0.1, 0.15) is 34.0 Å². The molecule has 0 bridgehead atoms. The van der Waals surface area contributed by atoms with E-state index >= 15 is 0 Å². The summed E-state index contributed by atoms with van der Waals surface area (Å²) in [6.07, 6.45) is 0.812. The lowest BCUT2D eigenvalue weighted by Crippen LogP contribution is -2.39. The lowest BCUT2D eigenvalue weighted by atomic mass is 9.99. The monoisotopic (exact) mass is 367 g/mol. The maximum absolute atomic E-state index is 12.8. The summed E-state index contributed by atoms with van der Waals surface area (Å²) in [5.74, 6) is 0.659. The molecule has 1 aliphatic rings. The van der Waals surface area contributed by atoms with Gasteiger partial charge < -0.3 is 20.3 Å². The number of carbonyl (C=O) groups excluding carboxylic acids is 2. The third-order valence-corrected chi connectivity index (χ3v) is 4.84. The predicted molar refractivity (Wildman–Crippen MR) is 105 cm³/mol. The maximum Gasteiger partial charge on any atom is 0.322 e. The minimum atomic E-state index is -0.168. The number of fused-ring (bicyclic) bond motifs is 1. The van der Waals surface area contributed by atoms with Crippen LogP contribution in [0.4, 0.5) is 10.5 Å². The van der Waals surface area contributed by atoms with Crippen LogP contribution < -0.4 is 15.4 Å². The van der Waals surface area contributed by atoms with Gasteiger partial charge >= 0.3 is 6.03 Å². The van der Waals surface area contributed by atoms with Gasteiger partial charge in [0.15, 0.2) is 0 Å². The highest BCUT2D eigenvalue weighted by Crippen LogP contribution is 2.25. The minimum Gasteiger partial charge on any atom is -0.494 e. The average molecular weight is 367 g/mol. The normalized spacial score (nSPS) is 12.9. The van der Waals surface area contributed by atoms with Crippen molar-refractivity contribution in [3.8, 4) is 5.75 Å². The number of urea groups is 1. The minimum absolute atomic E-state index is 0.167. The van der Waals surface area contributed by atoms with Gasteiger partial charge in [0.05, 0.1) is 6.61 Å². The molecule has 142 valence electrons. The molecule has 3 amide bonds. The van der Waals surface area contributed by atoms with E-state index in [-0.39, 0.29) is 11.9 Å². The fourth-order valence-electron chi connectivity index (χ4n) is 3.31. The maximum atomic E-state index is 12.8. The molecule has 0 unspecified atom stereocenters. The molecule has 0 atom stereocenters. The summed E-state index contributed by atoms with van der Waals surface area (Å²) >= 11 is 0. The molecular weight excluding hydrogens is 342 g/mol. The Kier molecular flexibility index (Phi) is 5.64. The molecule has 27 heavy (non-hydrogen) atoms. The lowest BCUT2D eigenvalue weighted by Gasteiger charge is -2.29. The summed E-state index contributed by atoms with van der Waals surface area (Å²) in [6, 6.07) is 11.2. The van der Waals surface area contributed by atoms with E-state index in [9.17, 15) is 9.59 Å². The van der Waals surface area contributed by atoms with Crippen molar-refractivity contribution in [3.05, 3.63) is 58.7 Å². The second kappa shape index (κ2) is 8.12. The molecular formula is C21H25N3O3. The van der Waals surface area contributed by atoms with Gasteiger partial charge in [-0.25, -0.2) is 4.79 Å². The van der Waals surface area contributed by atoms with Gasteiger partial charge in [0, 0.05) is 31.4 Å². The Morgan fingerprint density at radius 2 is 2.00 bits per heavy atom. The van der Waals surface area contributed by atoms with Crippen LogP contribution in [0.5, 0.6) is 5.75 Å². The summed E-state index contributed by atoms with van der Waals surface area (Å²) in [5, 5.41) is 5.56. The zero-order valence-electron chi connectivity index (χ0n) is 16.0. The van der Waals surface area contributed by atoms with E-state index < -0.39 is 0 Å². The average Bonchev–Trinajstić information content (AvgIpc) is 2.68. The van der Waals surface area contributed by atoms with E-state index in [1.54, 1.807) is 24.1 Å². The van der Waals surface area contributed by atoms with E-state index in [0.717, 1.165) is 23.3 Å². The first kappa shape index (κ1) is 18.8. The SMILES string of the molecule is CCOc1ccc2c(c1)CN(C(=O)Nc1cccc(C(=O)NC)c1C)CC2. The van der Waals surface area contributed by atoms with Gasteiger partial charge in [-0.15, -0.1) is 0 Å². The van der Waals surface area contributed by atoms with Crippen molar-refractivity contribution in [2.24, 2.45) is 0 Å². The number of hydrogen-bond donors (Lipinski definition) is 2. The van der Waals surface area contributed by atoms with Crippen LogP contribution in [0.15, 0.2) is 36.4 Å². The van der Waals surface area contributed by atoms with E-state index in [4.69, 9.17) is 4.74 Å². The highest BCUT2D eigenvalue weighted by Gasteiger charge is 2.22. The van der Waals surface area contributed by atoms with E-state index in [2.05, 4.69) is 16.7 Å². The van der Waals surface area contributed by atoms with Crippen LogP contribution >= 0.6 is 0 Å². The fourth-order valence-corrected chi connectivity index (χ4v) is 3.31. The van der Waals surface area contributed by atoms with Crippen molar-refractivity contribution in [2.45, 2.75) is 26.8 Å². The highest BCUT2D eigenvalue weighted by atomic mass is 16.5. The Labute approximate surface area is 159 Å². The molecule has 2 aromatic carbocycles. The molecule has 1 aliphatic heterocycles. The summed E-state index contributed by atoms with van der Waals surface area (Å²) in [5.41, 5.74) is 4.32. The Hall–Kier alpha value is -3.02. The number of ether oxygens (including phenoxy) is 1. The number of benzene rings is 2. The second-order valence-corrected chi connectivity index (χ2v) is 6.52. The Bertz CT molecular complexity index is 864. The van der Waals surface area contributed by atoms with Gasteiger partial charge in [-0.05, 0) is 61.2 Å². The molecule has 1 heterocycles. The third-order valence-electron chi connectivity index (χ3n) is 4.84. The van der Waals surface area contributed by atoms with Crippen LogP contribution in [-0.4, -0.2) is 37.0 Å². The van der Waals surface area contributed by atoms with Crippen LogP contribution in [-0.2, 0) is 13.0 Å². The largest absolute Gasteiger partial charge is 0.494 e. The van der Waals surface area contributed by atoms with E-state index in [1.807, 2.05) is 32.0 Å². The zero-order chi connectivity index (χ0) is 19.4. The number of rotatable bonds is 4. The van der Waals surface area contributed by atoms with Crippen molar-refractivity contribution in [1.29, 1.82) is 0 Å². The van der Waals surface area contributed by atoms with Gasteiger partial charge in [-0.2, -0.15) is 0 Å². The molecule has 6 nitrogen and oxygen atoms in total. The molecule has 6 heteroatoms. The molecule has 3 rings (SSSR count). The number of nitrogens with one attached hydrogen (secondary N) is 2. The van der Waals surface area contributed by atoms with Crippen molar-refractivity contribution in [2.75, 3.05) is 25.5 Å². The van der Waals surface area contributed by atoms with Gasteiger partial charge in [0.25, 0.3) is 5.91 Å². The smallest absolute Gasteiger partial charge is 0.322 e. The van der Waals surface area contributed by atoms with Gasteiger partial charge in [-0.3, -0.25) is 4.79 Å². The third kappa shape index (κ3) is 4.05. The summed E-state index contributed by atoms with van der Waals surface area (Å²) in [4.78, 5) is 26.5. The highest BCUT2D eigenvalue weighted by molar-refractivity contribution is 5.99. The fraction of sp³-hybridized carbons (Fsp3) is 0.333. The van der Waals surface area contributed by atoms with Crippen molar-refractivity contribution in [1.82, 2.24) is 10.2 Å². The quantitative estimate of drug-likeness (QED) is 0.871. The van der Waals surface area contributed by atoms with Crippen LogP contribution in [0.2, 0.25) is 0 Å². The van der Waals surface area contributed by atoms with Crippen LogP contribution in [0, 0.1) is 6.92 Å². The molecule has 0 aliphatic carbocycles. The predicted octanol–water partition coefficient (Wildman–Crippen LogP) is 3.34.